The molecule has 1 aliphatic carbocycles. The SMILES string of the molecule is CCc1ccc(C2CC(=O)C3=C(C2)NC(=O)CC3c2ccc(OC(C)C)c(OC)c2)cc1. The molecule has 0 spiro atoms. The van der Waals surface area contributed by atoms with Crippen molar-refractivity contribution in [1.82, 2.24) is 5.32 Å². The number of amides is 1. The van der Waals surface area contributed by atoms with Crippen molar-refractivity contribution in [2.75, 3.05) is 7.11 Å². The molecule has 168 valence electrons. The van der Waals surface area contributed by atoms with E-state index < -0.39 is 0 Å². The Balaban J connectivity index is 1.66. The van der Waals surface area contributed by atoms with Crippen molar-refractivity contribution in [3.05, 3.63) is 70.4 Å². The van der Waals surface area contributed by atoms with Crippen LogP contribution in [0.5, 0.6) is 11.5 Å². The van der Waals surface area contributed by atoms with Gasteiger partial charge in [0.15, 0.2) is 17.3 Å². The van der Waals surface area contributed by atoms with Gasteiger partial charge in [0, 0.05) is 30.0 Å². The van der Waals surface area contributed by atoms with Crippen molar-refractivity contribution < 1.29 is 19.1 Å². The third kappa shape index (κ3) is 4.43. The lowest BCUT2D eigenvalue weighted by Gasteiger charge is -2.34. The first-order valence-corrected chi connectivity index (χ1v) is 11.4. The number of hydrogen-bond donors (Lipinski definition) is 1. The van der Waals surface area contributed by atoms with Gasteiger partial charge in [-0.25, -0.2) is 0 Å². The van der Waals surface area contributed by atoms with Crippen LogP contribution in [0.2, 0.25) is 0 Å². The molecule has 0 saturated heterocycles. The van der Waals surface area contributed by atoms with Gasteiger partial charge in [-0.1, -0.05) is 37.3 Å². The molecule has 1 N–H and O–H groups in total. The minimum absolute atomic E-state index is 0.0211. The smallest absolute Gasteiger partial charge is 0.225 e. The number of allylic oxidation sites excluding steroid dienone is 2. The Bertz CT molecular complexity index is 1050. The molecule has 2 aromatic carbocycles. The van der Waals surface area contributed by atoms with E-state index in [2.05, 4.69) is 36.5 Å². The highest BCUT2D eigenvalue weighted by molar-refractivity contribution is 6.02. The highest BCUT2D eigenvalue weighted by Gasteiger charge is 2.38. The van der Waals surface area contributed by atoms with Gasteiger partial charge in [-0.3, -0.25) is 9.59 Å². The van der Waals surface area contributed by atoms with Gasteiger partial charge in [0.25, 0.3) is 0 Å². The predicted molar refractivity (Wildman–Crippen MR) is 124 cm³/mol. The van der Waals surface area contributed by atoms with E-state index in [1.54, 1.807) is 7.11 Å². The van der Waals surface area contributed by atoms with Crippen LogP contribution in [0.4, 0.5) is 0 Å². The number of hydrogen-bond acceptors (Lipinski definition) is 4. The van der Waals surface area contributed by atoms with Gasteiger partial charge in [0.05, 0.1) is 13.2 Å². The lowest BCUT2D eigenvalue weighted by molar-refractivity contribution is -0.122. The Morgan fingerprint density at radius 1 is 0.969 bits per heavy atom. The van der Waals surface area contributed by atoms with E-state index in [0.717, 1.165) is 28.8 Å². The Kier molecular flexibility index (Phi) is 6.35. The predicted octanol–water partition coefficient (Wildman–Crippen LogP) is 5.05. The molecule has 0 aromatic heterocycles. The Morgan fingerprint density at radius 2 is 1.69 bits per heavy atom. The summed E-state index contributed by atoms with van der Waals surface area (Å²) >= 11 is 0. The third-order valence-corrected chi connectivity index (χ3v) is 6.35. The van der Waals surface area contributed by atoms with E-state index in [1.165, 1.54) is 5.56 Å². The first-order chi connectivity index (χ1) is 15.4. The van der Waals surface area contributed by atoms with Crippen LogP contribution in [0, 0.1) is 0 Å². The van der Waals surface area contributed by atoms with Crippen LogP contribution in [0.25, 0.3) is 0 Å². The zero-order valence-electron chi connectivity index (χ0n) is 19.2. The van der Waals surface area contributed by atoms with Crippen molar-refractivity contribution in [1.29, 1.82) is 0 Å². The van der Waals surface area contributed by atoms with Gasteiger partial charge >= 0.3 is 0 Å². The summed E-state index contributed by atoms with van der Waals surface area (Å²) in [4.78, 5) is 25.9. The molecular formula is C27H31NO4. The molecule has 2 atom stereocenters. The highest BCUT2D eigenvalue weighted by atomic mass is 16.5. The van der Waals surface area contributed by atoms with Crippen molar-refractivity contribution in [2.24, 2.45) is 0 Å². The Hall–Kier alpha value is -3.08. The van der Waals surface area contributed by atoms with E-state index in [9.17, 15) is 9.59 Å². The molecular weight excluding hydrogens is 402 g/mol. The standard InChI is InChI=1S/C27H31NO4/c1-5-17-6-8-18(9-7-17)20-12-22-27(23(29)13-20)21(15-26(30)28-22)19-10-11-24(32-16(2)3)25(14-19)31-4/h6-11,14,16,20-21H,5,12-13,15H2,1-4H3,(H,28,30). The van der Waals surface area contributed by atoms with Crippen molar-refractivity contribution in [3.63, 3.8) is 0 Å². The molecule has 2 aromatic rings. The zero-order valence-corrected chi connectivity index (χ0v) is 19.2. The summed E-state index contributed by atoms with van der Waals surface area (Å²) in [6.45, 7) is 6.05. The molecule has 0 radical (unpaired) electrons. The average Bonchev–Trinajstić information content (AvgIpc) is 2.78. The monoisotopic (exact) mass is 433 g/mol. The summed E-state index contributed by atoms with van der Waals surface area (Å²) in [5.41, 5.74) is 4.84. The number of nitrogens with one attached hydrogen (secondary N) is 1. The van der Waals surface area contributed by atoms with Gasteiger partial charge in [-0.15, -0.1) is 0 Å². The maximum Gasteiger partial charge on any atom is 0.225 e. The molecule has 32 heavy (non-hydrogen) atoms. The fourth-order valence-electron chi connectivity index (χ4n) is 4.76. The van der Waals surface area contributed by atoms with E-state index in [4.69, 9.17) is 9.47 Å². The summed E-state index contributed by atoms with van der Waals surface area (Å²) in [6.07, 6.45) is 2.39. The summed E-state index contributed by atoms with van der Waals surface area (Å²) in [5, 5.41) is 3.00. The fourth-order valence-corrected chi connectivity index (χ4v) is 4.76. The molecule has 0 fully saturated rings. The molecule has 1 amide bonds. The number of rotatable bonds is 6. The topological polar surface area (TPSA) is 64.6 Å². The van der Waals surface area contributed by atoms with Crippen LogP contribution >= 0.6 is 0 Å². The number of ketones is 1. The molecule has 1 heterocycles. The normalized spacial score (nSPS) is 20.8. The van der Waals surface area contributed by atoms with Crippen LogP contribution in [-0.4, -0.2) is 24.9 Å². The van der Waals surface area contributed by atoms with E-state index in [1.807, 2.05) is 32.0 Å². The third-order valence-electron chi connectivity index (χ3n) is 6.35. The number of ether oxygens (including phenoxy) is 2. The Labute approximate surface area is 189 Å². The van der Waals surface area contributed by atoms with Crippen molar-refractivity contribution in [3.8, 4) is 11.5 Å². The number of benzene rings is 2. The molecule has 0 bridgehead atoms. The lowest BCUT2D eigenvalue weighted by Crippen LogP contribution is -2.38. The largest absolute Gasteiger partial charge is 0.493 e. The molecule has 1 aliphatic heterocycles. The lowest BCUT2D eigenvalue weighted by atomic mass is 9.73. The van der Waals surface area contributed by atoms with Crippen LogP contribution in [-0.2, 0) is 16.0 Å². The number of aryl methyl sites for hydroxylation is 1. The average molecular weight is 434 g/mol. The second kappa shape index (κ2) is 9.19. The minimum Gasteiger partial charge on any atom is -0.493 e. The maximum atomic E-state index is 13.3. The minimum atomic E-state index is -0.267. The zero-order chi connectivity index (χ0) is 22.8. The molecule has 4 rings (SSSR count). The fraction of sp³-hybridized carbons (Fsp3) is 0.407. The summed E-state index contributed by atoms with van der Waals surface area (Å²) in [5.74, 6) is 1.15. The van der Waals surface area contributed by atoms with Gasteiger partial charge in [0.1, 0.15) is 0 Å². The molecule has 0 saturated carbocycles. The van der Waals surface area contributed by atoms with E-state index in [-0.39, 0.29) is 36.1 Å². The van der Waals surface area contributed by atoms with Crippen LogP contribution < -0.4 is 14.8 Å². The van der Waals surface area contributed by atoms with Crippen molar-refractivity contribution in [2.45, 2.75) is 64.4 Å². The van der Waals surface area contributed by atoms with Gasteiger partial charge < -0.3 is 14.8 Å². The van der Waals surface area contributed by atoms with Gasteiger partial charge in [-0.05, 0) is 61.4 Å². The number of methoxy groups -OCH3 is 1. The summed E-state index contributed by atoms with van der Waals surface area (Å²) in [6, 6.07) is 14.2. The number of carbonyl (C=O) groups is 2. The first-order valence-electron chi connectivity index (χ1n) is 11.4. The maximum absolute atomic E-state index is 13.3. The summed E-state index contributed by atoms with van der Waals surface area (Å²) in [7, 11) is 1.60. The van der Waals surface area contributed by atoms with Crippen molar-refractivity contribution >= 4 is 11.7 Å². The van der Waals surface area contributed by atoms with E-state index >= 15 is 0 Å². The van der Waals surface area contributed by atoms with E-state index in [0.29, 0.717) is 24.3 Å². The highest BCUT2D eigenvalue weighted by Crippen LogP contribution is 2.44. The number of carbonyl (C=O) groups excluding carboxylic acids is 2. The second-order valence-corrected chi connectivity index (χ2v) is 8.90. The molecule has 2 aliphatic rings. The molecule has 2 unspecified atom stereocenters. The summed E-state index contributed by atoms with van der Waals surface area (Å²) < 4.78 is 11.4. The second-order valence-electron chi connectivity index (χ2n) is 8.90. The van der Waals surface area contributed by atoms with Crippen LogP contribution in [0.15, 0.2) is 53.7 Å². The van der Waals surface area contributed by atoms with Crippen LogP contribution in [0.3, 0.4) is 0 Å². The van der Waals surface area contributed by atoms with Crippen LogP contribution in [0.1, 0.15) is 68.6 Å². The molecule has 5 nitrogen and oxygen atoms in total. The quantitative estimate of drug-likeness (QED) is 0.692. The first kappa shape index (κ1) is 22.1. The molecule has 5 heteroatoms. The number of Topliss-reactive ketones (excluding diaryl/α,β-unsaturated/α-hetero) is 1. The van der Waals surface area contributed by atoms with Gasteiger partial charge in [0.2, 0.25) is 5.91 Å². The van der Waals surface area contributed by atoms with Gasteiger partial charge in [-0.2, -0.15) is 0 Å². The Morgan fingerprint density at radius 3 is 2.34 bits per heavy atom.